The summed E-state index contributed by atoms with van der Waals surface area (Å²) < 4.78 is 39.8. The molecule has 4 nitrogen and oxygen atoms in total. The average Bonchev–Trinajstić information content (AvgIpc) is 2.87. The fraction of sp³-hybridized carbons (Fsp3) is 0.467. The van der Waals surface area contributed by atoms with Gasteiger partial charge in [0.15, 0.2) is 0 Å². The van der Waals surface area contributed by atoms with Crippen molar-refractivity contribution in [2.24, 2.45) is 11.8 Å². The number of carboxylic acid groups (broad SMARTS) is 1. The quantitative estimate of drug-likeness (QED) is 0.837. The lowest BCUT2D eigenvalue weighted by atomic mass is 9.96. The molecule has 1 aromatic carbocycles. The summed E-state index contributed by atoms with van der Waals surface area (Å²) in [6.07, 6.45) is -4.65. The van der Waals surface area contributed by atoms with Gasteiger partial charge in [-0.3, -0.25) is 9.59 Å². The minimum Gasteiger partial charge on any atom is -0.481 e. The molecule has 0 saturated carbocycles. The van der Waals surface area contributed by atoms with Crippen LogP contribution in [0.1, 0.15) is 21.5 Å². The maximum absolute atomic E-state index is 13.0. The Morgan fingerprint density at radius 2 is 1.83 bits per heavy atom. The highest BCUT2D eigenvalue weighted by Gasteiger charge is 2.53. The predicted molar refractivity (Wildman–Crippen MR) is 80.2 cm³/mol. The van der Waals surface area contributed by atoms with Gasteiger partial charge in [-0.15, -0.1) is 0 Å². The summed E-state index contributed by atoms with van der Waals surface area (Å²) in [7, 11) is 0. The molecule has 1 aromatic rings. The third kappa shape index (κ3) is 3.52. The minimum absolute atomic E-state index is 0.290. The van der Waals surface area contributed by atoms with Gasteiger partial charge < -0.3 is 10.0 Å². The van der Waals surface area contributed by atoms with Gasteiger partial charge in [0.25, 0.3) is 5.91 Å². The Hall–Kier alpha value is -1.57. The van der Waals surface area contributed by atoms with Crippen LogP contribution in [0.2, 0.25) is 0 Å². The Balaban J connectivity index is 2.31. The van der Waals surface area contributed by atoms with Crippen LogP contribution in [0.15, 0.2) is 16.6 Å². The molecular formula is C15H15BrF3NO3. The molecule has 1 N–H and O–H groups in total. The molecule has 2 rings (SSSR count). The molecule has 1 fully saturated rings. The lowest BCUT2D eigenvalue weighted by Crippen LogP contribution is -2.34. The van der Waals surface area contributed by atoms with Crippen molar-refractivity contribution < 1.29 is 27.9 Å². The van der Waals surface area contributed by atoms with E-state index in [1.807, 2.05) is 0 Å². The molecule has 0 bridgehead atoms. The fourth-order valence-corrected chi connectivity index (χ4v) is 3.19. The number of carbonyl (C=O) groups excluding carboxylic acids is 1. The lowest BCUT2D eigenvalue weighted by Gasteiger charge is -2.19. The summed E-state index contributed by atoms with van der Waals surface area (Å²) in [6, 6.07) is 3.31. The number of hydrogen-bond donors (Lipinski definition) is 1. The molecule has 1 saturated heterocycles. The van der Waals surface area contributed by atoms with Gasteiger partial charge in [-0.2, -0.15) is 13.2 Å². The van der Waals surface area contributed by atoms with Crippen LogP contribution in [0.5, 0.6) is 0 Å². The van der Waals surface area contributed by atoms with Crippen LogP contribution < -0.4 is 0 Å². The zero-order valence-corrected chi connectivity index (χ0v) is 14.0. The van der Waals surface area contributed by atoms with E-state index in [1.54, 1.807) is 26.0 Å². The number of carbonyl (C=O) groups is 2. The summed E-state index contributed by atoms with van der Waals surface area (Å²) in [5.41, 5.74) is 1.69. The summed E-state index contributed by atoms with van der Waals surface area (Å²) >= 11 is 3.33. The Kier molecular flexibility index (Phi) is 4.75. The standard InChI is InChI=1S/C15H15BrF3NO3/c1-7-4-12(16)8(2)3-9(7)13(21)20-5-10(14(22)23)11(6-20)15(17,18)19/h3-4,10-11H,5-6H2,1-2H3,(H,22,23)/t10-,11-/m1/s1. The first-order valence-electron chi connectivity index (χ1n) is 6.88. The molecule has 0 aromatic heterocycles. The molecule has 2 atom stereocenters. The van der Waals surface area contributed by atoms with Crippen LogP contribution in [-0.4, -0.2) is 41.1 Å². The van der Waals surface area contributed by atoms with Crippen molar-refractivity contribution in [1.82, 2.24) is 4.90 Å². The van der Waals surface area contributed by atoms with Gasteiger partial charge in [0.05, 0.1) is 11.8 Å². The van der Waals surface area contributed by atoms with Crippen molar-refractivity contribution in [3.05, 3.63) is 33.3 Å². The molecule has 23 heavy (non-hydrogen) atoms. The molecule has 1 heterocycles. The second-order valence-corrected chi connectivity index (χ2v) is 6.57. The van der Waals surface area contributed by atoms with Crippen LogP contribution in [0.3, 0.4) is 0 Å². The maximum Gasteiger partial charge on any atom is 0.394 e. The zero-order valence-electron chi connectivity index (χ0n) is 12.4. The Morgan fingerprint density at radius 3 is 2.30 bits per heavy atom. The van der Waals surface area contributed by atoms with Crippen LogP contribution in [0, 0.1) is 25.7 Å². The number of aryl methyl sites for hydroxylation is 2. The van der Waals surface area contributed by atoms with Crippen LogP contribution in [0.25, 0.3) is 0 Å². The highest BCUT2D eigenvalue weighted by Crippen LogP contribution is 2.38. The van der Waals surface area contributed by atoms with Gasteiger partial charge in [0.2, 0.25) is 0 Å². The molecule has 1 aliphatic rings. The lowest BCUT2D eigenvalue weighted by molar-refractivity contribution is -0.187. The number of likely N-dealkylation sites (tertiary alicyclic amines) is 1. The number of amides is 1. The van der Waals surface area contributed by atoms with E-state index in [0.717, 1.165) is 14.9 Å². The molecule has 0 radical (unpaired) electrons. The topological polar surface area (TPSA) is 57.6 Å². The van der Waals surface area contributed by atoms with Crippen molar-refractivity contribution in [2.75, 3.05) is 13.1 Å². The van der Waals surface area contributed by atoms with Gasteiger partial charge in [0.1, 0.15) is 0 Å². The van der Waals surface area contributed by atoms with Crippen molar-refractivity contribution in [2.45, 2.75) is 20.0 Å². The van der Waals surface area contributed by atoms with E-state index in [1.165, 1.54) is 0 Å². The molecule has 126 valence electrons. The SMILES string of the molecule is Cc1cc(C(=O)N2C[C@@H](C(F)(F)F)[C@H](C(=O)O)C2)c(C)cc1Br. The summed E-state index contributed by atoms with van der Waals surface area (Å²) in [5.74, 6) is -5.78. The van der Waals surface area contributed by atoms with E-state index in [2.05, 4.69) is 15.9 Å². The normalized spacial score (nSPS) is 21.6. The second-order valence-electron chi connectivity index (χ2n) is 5.72. The Labute approximate surface area is 139 Å². The molecule has 0 aliphatic carbocycles. The van der Waals surface area contributed by atoms with Gasteiger partial charge in [-0.25, -0.2) is 0 Å². The first kappa shape index (κ1) is 17.8. The number of alkyl halides is 3. The number of hydrogen-bond acceptors (Lipinski definition) is 2. The zero-order chi connectivity index (χ0) is 17.5. The number of benzene rings is 1. The molecular weight excluding hydrogens is 379 g/mol. The summed E-state index contributed by atoms with van der Waals surface area (Å²) in [5, 5.41) is 9.01. The number of halogens is 4. The summed E-state index contributed by atoms with van der Waals surface area (Å²) in [6.45, 7) is 2.38. The number of rotatable bonds is 2. The highest BCUT2D eigenvalue weighted by atomic mass is 79.9. The Bertz CT molecular complexity index is 660. The summed E-state index contributed by atoms with van der Waals surface area (Å²) in [4.78, 5) is 24.6. The monoisotopic (exact) mass is 393 g/mol. The van der Waals surface area contributed by atoms with Crippen LogP contribution >= 0.6 is 15.9 Å². The third-order valence-electron chi connectivity index (χ3n) is 4.08. The van der Waals surface area contributed by atoms with Gasteiger partial charge in [-0.05, 0) is 37.1 Å². The van der Waals surface area contributed by atoms with Crippen molar-refractivity contribution in [1.29, 1.82) is 0 Å². The molecule has 8 heteroatoms. The van der Waals surface area contributed by atoms with Crippen molar-refractivity contribution in [3.63, 3.8) is 0 Å². The van der Waals surface area contributed by atoms with E-state index in [0.29, 0.717) is 5.56 Å². The van der Waals surface area contributed by atoms with E-state index in [-0.39, 0.29) is 5.56 Å². The predicted octanol–water partition coefficient (Wildman–Crippen LogP) is 3.40. The van der Waals surface area contributed by atoms with Crippen LogP contribution in [-0.2, 0) is 4.79 Å². The average molecular weight is 394 g/mol. The molecule has 0 spiro atoms. The van der Waals surface area contributed by atoms with Gasteiger partial charge >= 0.3 is 12.1 Å². The highest BCUT2D eigenvalue weighted by molar-refractivity contribution is 9.10. The van der Waals surface area contributed by atoms with Crippen molar-refractivity contribution in [3.8, 4) is 0 Å². The van der Waals surface area contributed by atoms with Crippen molar-refractivity contribution >= 4 is 27.8 Å². The Morgan fingerprint density at radius 1 is 1.22 bits per heavy atom. The van der Waals surface area contributed by atoms with Gasteiger partial charge in [0, 0.05) is 23.1 Å². The number of nitrogens with zero attached hydrogens (tertiary/aromatic N) is 1. The number of aliphatic carboxylic acids is 1. The largest absolute Gasteiger partial charge is 0.481 e. The van der Waals surface area contributed by atoms with E-state index < -0.39 is 43.0 Å². The first-order valence-corrected chi connectivity index (χ1v) is 7.67. The first-order chi connectivity index (χ1) is 10.5. The van der Waals surface area contributed by atoms with E-state index >= 15 is 0 Å². The van der Waals surface area contributed by atoms with E-state index in [4.69, 9.17) is 5.11 Å². The smallest absolute Gasteiger partial charge is 0.394 e. The second kappa shape index (κ2) is 6.14. The number of carboxylic acids is 1. The molecule has 1 aliphatic heterocycles. The molecule has 0 unspecified atom stereocenters. The third-order valence-corrected chi connectivity index (χ3v) is 4.94. The van der Waals surface area contributed by atoms with E-state index in [9.17, 15) is 22.8 Å². The molecule has 1 amide bonds. The minimum atomic E-state index is -4.65. The van der Waals surface area contributed by atoms with Gasteiger partial charge in [-0.1, -0.05) is 15.9 Å². The maximum atomic E-state index is 13.0. The van der Waals surface area contributed by atoms with Crippen LogP contribution in [0.4, 0.5) is 13.2 Å². The fourth-order valence-electron chi connectivity index (χ4n) is 2.73.